The molecule has 1 aromatic heterocycles. The first-order valence-electron chi connectivity index (χ1n) is 4.98. The summed E-state index contributed by atoms with van der Waals surface area (Å²) in [7, 11) is 0. The molecule has 0 aliphatic carbocycles. The molecule has 0 radical (unpaired) electrons. The summed E-state index contributed by atoms with van der Waals surface area (Å²) in [6, 6.07) is 4.89. The number of benzene rings is 1. The zero-order chi connectivity index (χ0) is 14.2. The fourth-order valence-electron chi connectivity index (χ4n) is 1.50. The summed E-state index contributed by atoms with van der Waals surface area (Å²) in [5.74, 6) is 0. The van der Waals surface area contributed by atoms with Crippen LogP contribution in [-0.2, 0) is 6.18 Å². The Bertz CT molecular complexity index is 736. The van der Waals surface area contributed by atoms with E-state index < -0.39 is 17.3 Å². The molecule has 0 saturated carbocycles. The van der Waals surface area contributed by atoms with Gasteiger partial charge in [-0.05, 0) is 30.4 Å². The Morgan fingerprint density at radius 1 is 1.26 bits per heavy atom. The van der Waals surface area contributed by atoms with Crippen molar-refractivity contribution in [2.75, 3.05) is 0 Å². The number of halogens is 4. The minimum Gasteiger partial charge on any atom is -0.299 e. The van der Waals surface area contributed by atoms with Crippen LogP contribution in [0.3, 0.4) is 0 Å². The van der Waals surface area contributed by atoms with E-state index in [0.717, 1.165) is 6.07 Å². The van der Waals surface area contributed by atoms with Gasteiger partial charge in [-0.1, -0.05) is 15.9 Å². The molecule has 0 aliphatic heterocycles. The highest BCUT2D eigenvalue weighted by molar-refractivity contribution is 9.10. The zero-order valence-corrected chi connectivity index (χ0v) is 11.6. The van der Waals surface area contributed by atoms with Gasteiger partial charge >= 0.3 is 6.18 Å². The van der Waals surface area contributed by atoms with Crippen molar-refractivity contribution < 1.29 is 13.2 Å². The summed E-state index contributed by atoms with van der Waals surface area (Å²) in [5.41, 5.74) is -0.996. The monoisotopic (exact) mass is 350 g/mol. The van der Waals surface area contributed by atoms with Crippen LogP contribution in [0.1, 0.15) is 5.56 Å². The van der Waals surface area contributed by atoms with E-state index in [1.54, 1.807) is 0 Å². The van der Waals surface area contributed by atoms with Crippen molar-refractivity contribution in [3.05, 3.63) is 55.6 Å². The highest BCUT2D eigenvalue weighted by atomic mass is 79.9. The van der Waals surface area contributed by atoms with Crippen LogP contribution in [0.25, 0.3) is 5.69 Å². The first kappa shape index (κ1) is 14.0. The maximum absolute atomic E-state index is 12.8. The molecule has 100 valence electrons. The quantitative estimate of drug-likeness (QED) is 0.796. The van der Waals surface area contributed by atoms with Crippen molar-refractivity contribution >= 4 is 28.1 Å². The average Bonchev–Trinajstić information content (AvgIpc) is 2.29. The second-order valence-corrected chi connectivity index (χ2v) is 4.88. The molecule has 1 heterocycles. The smallest absolute Gasteiger partial charge is 0.299 e. The van der Waals surface area contributed by atoms with Gasteiger partial charge in [0.2, 0.25) is 0 Å². The van der Waals surface area contributed by atoms with E-state index >= 15 is 0 Å². The van der Waals surface area contributed by atoms with E-state index in [4.69, 9.17) is 12.2 Å². The normalized spacial score (nSPS) is 11.6. The molecule has 1 N–H and O–H groups in total. The summed E-state index contributed by atoms with van der Waals surface area (Å²) < 4.78 is 39.6. The minimum absolute atomic E-state index is 0.0305. The summed E-state index contributed by atoms with van der Waals surface area (Å²) in [6.45, 7) is 0. The third kappa shape index (κ3) is 2.95. The first-order chi connectivity index (χ1) is 8.79. The standard InChI is InChI=1S/C11H6BrF3N2OS/c12-8-2-1-6(5-7(8)11(13,14)15)17-4-3-9(18)16-10(17)19/h1-5H,(H,16,18,19). The Labute approximate surface area is 118 Å². The maximum atomic E-state index is 12.8. The van der Waals surface area contributed by atoms with E-state index in [0.29, 0.717) is 0 Å². The van der Waals surface area contributed by atoms with Gasteiger partial charge in [-0.25, -0.2) is 0 Å². The molecule has 2 aromatic rings. The Hall–Kier alpha value is -1.41. The second kappa shape index (κ2) is 4.93. The predicted octanol–water partition coefficient (Wildman–Crippen LogP) is 3.68. The van der Waals surface area contributed by atoms with Gasteiger partial charge in [0, 0.05) is 22.4 Å². The molecule has 1 aromatic carbocycles. The third-order valence-electron chi connectivity index (χ3n) is 2.36. The second-order valence-electron chi connectivity index (χ2n) is 3.64. The molecule has 0 unspecified atom stereocenters. The molecule has 19 heavy (non-hydrogen) atoms. The molecule has 8 heteroatoms. The number of hydrogen-bond donors (Lipinski definition) is 1. The average molecular weight is 351 g/mol. The molecule has 0 fully saturated rings. The Morgan fingerprint density at radius 2 is 1.95 bits per heavy atom. The van der Waals surface area contributed by atoms with Crippen LogP contribution >= 0.6 is 28.1 Å². The lowest BCUT2D eigenvalue weighted by Crippen LogP contribution is -2.11. The number of nitrogens with one attached hydrogen (secondary N) is 1. The maximum Gasteiger partial charge on any atom is 0.417 e. The van der Waals surface area contributed by atoms with Crippen molar-refractivity contribution in [3.8, 4) is 5.69 Å². The number of hydrogen-bond acceptors (Lipinski definition) is 2. The zero-order valence-electron chi connectivity index (χ0n) is 9.16. The van der Waals surface area contributed by atoms with Crippen LogP contribution in [0.15, 0.2) is 39.7 Å². The largest absolute Gasteiger partial charge is 0.417 e. The van der Waals surface area contributed by atoms with Gasteiger partial charge in [0.15, 0.2) is 4.77 Å². The fourth-order valence-corrected chi connectivity index (χ4v) is 2.24. The highest BCUT2D eigenvalue weighted by Gasteiger charge is 2.33. The summed E-state index contributed by atoms with van der Waals surface area (Å²) in [5, 5.41) is 0. The summed E-state index contributed by atoms with van der Waals surface area (Å²) in [4.78, 5) is 13.4. The number of nitrogens with zero attached hydrogens (tertiary/aromatic N) is 1. The number of H-pyrrole nitrogens is 1. The van der Waals surface area contributed by atoms with Gasteiger partial charge in [-0.15, -0.1) is 0 Å². The number of alkyl halides is 3. The van der Waals surface area contributed by atoms with Crippen LogP contribution < -0.4 is 5.56 Å². The predicted molar refractivity (Wildman–Crippen MR) is 69.9 cm³/mol. The molecule has 0 aliphatic rings. The van der Waals surface area contributed by atoms with Crippen molar-refractivity contribution in [1.29, 1.82) is 0 Å². The van der Waals surface area contributed by atoms with E-state index in [2.05, 4.69) is 20.9 Å². The van der Waals surface area contributed by atoms with Crippen molar-refractivity contribution in [3.63, 3.8) is 0 Å². The van der Waals surface area contributed by atoms with Gasteiger partial charge in [-0.2, -0.15) is 13.2 Å². The first-order valence-corrected chi connectivity index (χ1v) is 6.18. The minimum atomic E-state index is -4.47. The number of aromatic amines is 1. The molecule has 0 bridgehead atoms. The molecular formula is C11H6BrF3N2OS. The SMILES string of the molecule is O=c1ccn(-c2ccc(Br)c(C(F)(F)F)c2)c(=S)[nH]1. The Kier molecular flexibility index (Phi) is 3.64. The molecule has 3 nitrogen and oxygen atoms in total. The molecule has 0 saturated heterocycles. The molecule has 0 atom stereocenters. The highest BCUT2D eigenvalue weighted by Crippen LogP contribution is 2.35. The van der Waals surface area contributed by atoms with E-state index in [1.165, 1.54) is 29.0 Å². The van der Waals surface area contributed by atoms with E-state index in [1.807, 2.05) is 0 Å². The van der Waals surface area contributed by atoms with E-state index in [9.17, 15) is 18.0 Å². The Morgan fingerprint density at radius 3 is 2.53 bits per heavy atom. The lowest BCUT2D eigenvalue weighted by molar-refractivity contribution is -0.138. The molecule has 0 amide bonds. The molecule has 0 spiro atoms. The van der Waals surface area contributed by atoms with Crippen LogP contribution in [0.2, 0.25) is 0 Å². The van der Waals surface area contributed by atoms with Crippen molar-refractivity contribution in [2.45, 2.75) is 6.18 Å². The van der Waals surface area contributed by atoms with Crippen molar-refractivity contribution in [2.24, 2.45) is 0 Å². The van der Waals surface area contributed by atoms with E-state index in [-0.39, 0.29) is 14.9 Å². The lowest BCUT2D eigenvalue weighted by Gasteiger charge is -2.12. The molecular weight excluding hydrogens is 345 g/mol. The van der Waals surface area contributed by atoms with Gasteiger partial charge < -0.3 is 0 Å². The van der Waals surface area contributed by atoms with Gasteiger partial charge in [-0.3, -0.25) is 14.3 Å². The summed E-state index contributed by atoms with van der Waals surface area (Å²) in [6.07, 6.45) is -3.15. The topological polar surface area (TPSA) is 37.8 Å². The van der Waals surface area contributed by atoms with Crippen LogP contribution in [0, 0.1) is 4.77 Å². The van der Waals surface area contributed by atoms with Crippen LogP contribution in [-0.4, -0.2) is 9.55 Å². The lowest BCUT2D eigenvalue weighted by atomic mass is 10.2. The summed E-state index contributed by atoms with van der Waals surface area (Å²) >= 11 is 7.76. The molecule has 2 rings (SSSR count). The van der Waals surface area contributed by atoms with Crippen LogP contribution in [0.4, 0.5) is 13.2 Å². The number of rotatable bonds is 1. The van der Waals surface area contributed by atoms with Crippen LogP contribution in [0.5, 0.6) is 0 Å². The van der Waals surface area contributed by atoms with Gasteiger partial charge in [0.25, 0.3) is 5.56 Å². The third-order valence-corrected chi connectivity index (χ3v) is 3.35. The van der Waals surface area contributed by atoms with Gasteiger partial charge in [0.05, 0.1) is 5.56 Å². The number of aromatic nitrogens is 2. The Balaban J connectivity index is 2.65. The van der Waals surface area contributed by atoms with Gasteiger partial charge in [0.1, 0.15) is 0 Å². The van der Waals surface area contributed by atoms with Crippen molar-refractivity contribution in [1.82, 2.24) is 9.55 Å². The fraction of sp³-hybridized carbons (Fsp3) is 0.0909.